The van der Waals surface area contributed by atoms with Crippen molar-refractivity contribution in [1.82, 2.24) is 4.90 Å². The molecule has 1 fully saturated rings. The summed E-state index contributed by atoms with van der Waals surface area (Å²) in [5.74, 6) is -0.916. The van der Waals surface area contributed by atoms with E-state index in [0.717, 1.165) is 24.2 Å². The van der Waals surface area contributed by atoms with Gasteiger partial charge in [0.15, 0.2) is 0 Å². The average molecular weight is 288 g/mol. The predicted octanol–water partition coefficient (Wildman–Crippen LogP) is 2.62. The lowest BCUT2D eigenvalue weighted by Crippen LogP contribution is -2.31. The molecule has 0 atom stereocenters. The summed E-state index contributed by atoms with van der Waals surface area (Å²) in [6.07, 6.45) is 5.48. The van der Waals surface area contributed by atoms with Crippen LogP contribution in [0.3, 0.4) is 0 Å². The highest BCUT2D eigenvalue weighted by molar-refractivity contribution is 5.85. The first-order valence-electron chi connectivity index (χ1n) is 7.51. The van der Waals surface area contributed by atoms with Crippen LogP contribution in [0.5, 0.6) is 0 Å². The van der Waals surface area contributed by atoms with E-state index in [4.69, 9.17) is 5.11 Å². The molecule has 1 aliphatic rings. The van der Waals surface area contributed by atoms with Gasteiger partial charge < -0.3 is 14.9 Å². The van der Waals surface area contributed by atoms with Gasteiger partial charge in [0.2, 0.25) is 0 Å². The van der Waals surface area contributed by atoms with Crippen LogP contribution in [0, 0.1) is 6.92 Å². The van der Waals surface area contributed by atoms with E-state index in [2.05, 4.69) is 29.0 Å². The number of nitrogens with zero attached hydrogens (tertiary/aromatic N) is 2. The maximum Gasteiger partial charge on any atom is 0.328 e. The van der Waals surface area contributed by atoms with Crippen molar-refractivity contribution in [3.8, 4) is 0 Å². The number of hydrogen-bond acceptors (Lipinski definition) is 3. The number of likely N-dealkylation sites (N-methyl/N-ethyl adjacent to an activating group) is 1. The van der Waals surface area contributed by atoms with E-state index >= 15 is 0 Å². The number of carbonyl (C=O) groups is 1. The van der Waals surface area contributed by atoms with Crippen LogP contribution in [0.2, 0.25) is 0 Å². The SMILES string of the molecule is Cc1cc(N(C)CCN2CCCC2)ccc1C=CC(=O)O. The first-order chi connectivity index (χ1) is 10.1. The molecule has 1 heterocycles. The molecule has 0 radical (unpaired) electrons. The number of aryl methyl sites for hydroxylation is 1. The number of likely N-dealkylation sites (tertiary alicyclic amines) is 1. The van der Waals surface area contributed by atoms with Gasteiger partial charge in [-0.25, -0.2) is 4.79 Å². The van der Waals surface area contributed by atoms with E-state index in [1.54, 1.807) is 6.08 Å². The third-order valence-corrected chi connectivity index (χ3v) is 4.05. The van der Waals surface area contributed by atoms with Gasteiger partial charge in [-0.2, -0.15) is 0 Å². The average Bonchev–Trinajstić information content (AvgIpc) is 2.96. The Bertz CT molecular complexity index is 520. The lowest BCUT2D eigenvalue weighted by atomic mass is 10.1. The third kappa shape index (κ3) is 4.60. The van der Waals surface area contributed by atoms with Crippen molar-refractivity contribution >= 4 is 17.7 Å². The Morgan fingerprint density at radius 2 is 2.10 bits per heavy atom. The molecule has 4 nitrogen and oxygen atoms in total. The van der Waals surface area contributed by atoms with Gasteiger partial charge in [-0.15, -0.1) is 0 Å². The summed E-state index contributed by atoms with van der Waals surface area (Å²) < 4.78 is 0. The van der Waals surface area contributed by atoms with Crippen molar-refractivity contribution in [3.63, 3.8) is 0 Å². The molecule has 0 amide bonds. The fourth-order valence-corrected chi connectivity index (χ4v) is 2.67. The third-order valence-electron chi connectivity index (χ3n) is 4.05. The second kappa shape index (κ2) is 7.27. The molecule has 0 aromatic heterocycles. The topological polar surface area (TPSA) is 43.8 Å². The molecule has 0 bridgehead atoms. The zero-order valence-electron chi connectivity index (χ0n) is 12.9. The lowest BCUT2D eigenvalue weighted by molar-refractivity contribution is -0.131. The molecular formula is C17H24N2O2. The number of hydrogen-bond donors (Lipinski definition) is 1. The maximum absolute atomic E-state index is 10.6. The zero-order valence-corrected chi connectivity index (χ0v) is 12.9. The van der Waals surface area contributed by atoms with Crippen molar-refractivity contribution in [1.29, 1.82) is 0 Å². The summed E-state index contributed by atoms with van der Waals surface area (Å²) >= 11 is 0. The van der Waals surface area contributed by atoms with Crippen molar-refractivity contribution in [2.24, 2.45) is 0 Å². The molecule has 0 spiro atoms. The van der Waals surface area contributed by atoms with Gasteiger partial charge in [0.1, 0.15) is 0 Å². The highest BCUT2D eigenvalue weighted by atomic mass is 16.4. The molecule has 2 rings (SSSR count). The van der Waals surface area contributed by atoms with Gasteiger partial charge in [0, 0.05) is 31.9 Å². The first kappa shape index (κ1) is 15.6. The van der Waals surface area contributed by atoms with Crippen molar-refractivity contribution < 1.29 is 9.90 Å². The Labute approximate surface area is 126 Å². The van der Waals surface area contributed by atoms with E-state index in [0.29, 0.717) is 0 Å². The molecule has 0 unspecified atom stereocenters. The van der Waals surface area contributed by atoms with Gasteiger partial charge in [-0.05, 0) is 62.2 Å². The minimum atomic E-state index is -0.916. The molecule has 1 aromatic rings. The number of rotatable bonds is 6. The number of carboxylic acid groups (broad SMARTS) is 1. The molecule has 4 heteroatoms. The standard InChI is InChI=1S/C17H24N2O2/c1-14-13-16(7-5-15(14)6-8-17(20)21)18(2)11-12-19-9-3-4-10-19/h5-8,13H,3-4,9-12H2,1-2H3,(H,20,21). The Hall–Kier alpha value is -1.81. The highest BCUT2D eigenvalue weighted by Crippen LogP contribution is 2.19. The summed E-state index contributed by atoms with van der Waals surface area (Å²) in [4.78, 5) is 15.3. The molecule has 1 N–H and O–H groups in total. The minimum absolute atomic E-state index is 0.916. The highest BCUT2D eigenvalue weighted by Gasteiger charge is 2.12. The Balaban J connectivity index is 1.96. The smallest absolute Gasteiger partial charge is 0.328 e. The van der Waals surface area contributed by atoms with Crippen molar-refractivity contribution in [2.75, 3.05) is 38.1 Å². The van der Waals surface area contributed by atoms with E-state index in [1.807, 2.05) is 13.0 Å². The van der Waals surface area contributed by atoms with Crippen LogP contribution in [-0.4, -0.2) is 49.2 Å². The summed E-state index contributed by atoms with van der Waals surface area (Å²) in [5, 5.41) is 8.68. The van der Waals surface area contributed by atoms with Crippen LogP contribution in [0.25, 0.3) is 6.08 Å². The van der Waals surface area contributed by atoms with Gasteiger partial charge >= 0.3 is 5.97 Å². The predicted molar refractivity (Wildman–Crippen MR) is 86.8 cm³/mol. The van der Waals surface area contributed by atoms with Crippen LogP contribution in [0.15, 0.2) is 24.3 Å². The van der Waals surface area contributed by atoms with Crippen LogP contribution in [0.4, 0.5) is 5.69 Å². The monoisotopic (exact) mass is 288 g/mol. The molecular weight excluding hydrogens is 264 g/mol. The molecule has 1 saturated heterocycles. The first-order valence-corrected chi connectivity index (χ1v) is 7.51. The second-order valence-electron chi connectivity index (χ2n) is 5.68. The summed E-state index contributed by atoms with van der Waals surface area (Å²) in [6.45, 7) is 6.59. The van der Waals surface area contributed by atoms with E-state index in [9.17, 15) is 4.79 Å². The fourth-order valence-electron chi connectivity index (χ4n) is 2.67. The molecule has 1 aliphatic heterocycles. The van der Waals surface area contributed by atoms with Crippen molar-refractivity contribution in [2.45, 2.75) is 19.8 Å². The normalized spacial score (nSPS) is 15.7. The maximum atomic E-state index is 10.6. The number of anilines is 1. The van der Waals surface area contributed by atoms with Crippen LogP contribution < -0.4 is 4.90 Å². The van der Waals surface area contributed by atoms with Crippen LogP contribution in [-0.2, 0) is 4.79 Å². The fraction of sp³-hybridized carbons (Fsp3) is 0.471. The van der Waals surface area contributed by atoms with E-state index in [1.165, 1.54) is 37.7 Å². The molecule has 21 heavy (non-hydrogen) atoms. The number of benzene rings is 1. The van der Waals surface area contributed by atoms with Gasteiger partial charge in [0.05, 0.1) is 0 Å². The van der Waals surface area contributed by atoms with E-state index in [-0.39, 0.29) is 0 Å². The Morgan fingerprint density at radius 3 is 2.71 bits per heavy atom. The Morgan fingerprint density at radius 1 is 1.38 bits per heavy atom. The zero-order chi connectivity index (χ0) is 15.2. The van der Waals surface area contributed by atoms with Crippen molar-refractivity contribution in [3.05, 3.63) is 35.4 Å². The van der Waals surface area contributed by atoms with Gasteiger partial charge in [-0.3, -0.25) is 0 Å². The molecule has 0 saturated carbocycles. The van der Waals surface area contributed by atoms with Gasteiger partial charge in [-0.1, -0.05) is 6.07 Å². The summed E-state index contributed by atoms with van der Waals surface area (Å²) in [5.41, 5.74) is 3.23. The van der Waals surface area contributed by atoms with Crippen LogP contribution >= 0.6 is 0 Å². The lowest BCUT2D eigenvalue weighted by Gasteiger charge is -2.23. The number of aliphatic carboxylic acids is 1. The molecule has 0 aliphatic carbocycles. The van der Waals surface area contributed by atoms with E-state index < -0.39 is 5.97 Å². The second-order valence-corrected chi connectivity index (χ2v) is 5.68. The minimum Gasteiger partial charge on any atom is -0.478 e. The van der Waals surface area contributed by atoms with Gasteiger partial charge in [0.25, 0.3) is 0 Å². The number of carboxylic acids is 1. The molecule has 1 aromatic carbocycles. The molecule has 114 valence electrons. The quantitative estimate of drug-likeness (QED) is 0.817. The van der Waals surface area contributed by atoms with Crippen LogP contribution in [0.1, 0.15) is 24.0 Å². The summed E-state index contributed by atoms with van der Waals surface area (Å²) in [6, 6.07) is 6.15. The Kier molecular flexibility index (Phi) is 5.39. The summed E-state index contributed by atoms with van der Waals surface area (Å²) in [7, 11) is 2.11. The largest absolute Gasteiger partial charge is 0.478 e.